The first-order valence-corrected chi connectivity index (χ1v) is 7.43. The minimum Gasteiger partial charge on any atom is -0.481 e. The van der Waals surface area contributed by atoms with Crippen LogP contribution in [0.2, 0.25) is 0 Å². The minimum absolute atomic E-state index is 0.0342. The first kappa shape index (κ1) is 17.3. The van der Waals surface area contributed by atoms with E-state index in [1.165, 1.54) is 6.92 Å². The summed E-state index contributed by atoms with van der Waals surface area (Å²) in [5, 5.41) is 12.2. The first-order valence-electron chi connectivity index (χ1n) is 7.43. The van der Waals surface area contributed by atoms with Crippen LogP contribution in [-0.4, -0.2) is 35.0 Å². The number of carbonyl (C=O) groups is 2. The van der Waals surface area contributed by atoms with Gasteiger partial charge in [-0.05, 0) is 19.3 Å². The fraction of sp³-hybridized carbons (Fsp3) is 0.786. The molecule has 0 spiro atoms. The fourth-order valence-corrected chi connectivity index (χ4v) is 3.10. The van der Waals surface area contributed by atoms with Gasteiger partial charge in [-0.3, -0.25) is 9.59 Å². The van der Waals surface area contributed by atoms with Crippen LogP contribution in [0.15, 0.2) is 4.99 Å². The first-order chi connectivity index (χ1) is 9.85. The van der Waals surface area contributed by atoms with Crippen molar-refractivity contribution in [2.24, 2.45) is 28.3 Å². The Morgan fingerprint density at radius 3 is 2.52 bits per heavy atom. The third-order valence-electron chi connectivity index (χ3n) is 4.02. The van der Waals surface area contributed by atoms with Gasteiger partial charge in [-0.1, -0.05) is 19.8 Å². The maximum atomic E-state index is 11.4. The number of amides is 1. The molecule has 7 heteroatoms. The quantitative estimate of drug-likeness (QED) is 0.400. The highest BCUT2D eigenvalue weighted by atomic mass is 16.4. The van der Waals surface area contributed by atoms with Crippen molar-refractivity contribution in [2.75, 3.05) is 0 Å². The van der Waals surface area contributed by atoms with Crippen LogP contribution in [0.1, 0.15) is 46.0 Å². The third kappa shape index (κ3) is 5.24. The predicted molar refractivity (Wildman–Crippen MR) is 80.6 cm³/mol. The number of rotatable bonds is 7. The van der Waals surface area contributed by atoms with Crippen LogP contribution in [0, 0.1) is 11.8 Å². The minimum atomic E-state index is -0.828. The number of aliphatic carboxylic acids is 1. The summed E-state index contributed by atoms with van der Waals surface area (Å²) in [4.78, 5) is 26.8. The molecule has 1 aliphatic rings. The molecule has 1 aliphatic carbocycles. The summed E-state index contributed by atoms with van der Waals surface area (Å²) >= 11 is 0. The molecule has 21 heavy (non-hydrogen) atoms. The molecule has 0 aromatic heterocycles. The molecule has 1 rings (SSSR count). The van der Waals surface area contributed by atoms with Crippen molar-refractivity contribution >= 4 is 17.8 Å². The second-order valence-corrected chi connectivity index (χ2v) is 5.74. The number of guanidine groups is 1. The van der Waals surface area contributed by atoms with E-state index in [0.29, 0.717) is 12.8 Å². The zero-order valence-corrected chi connectivity index (χ0v) is 12.7. The molecule has 0 aliphatic heterocycles. The number of nitrogens with one attached hydrogen (secondary N) is 1. The van der Waals surface area contributed by atoms with Gasteiger partial charge in [0.1, 0.15) is 0 Å². The summed E-state index contributed by atoms with van der Waals surface area (Å²) in [5.41, 5.74) is 10.9. The molecule has 0 aromatic carbocycles. The summed E-state index contributed by atoms with van der Waals surface area (Å²) in [6.07, 6.45) is 3.70. The second kappa shape index (κ2) is 7.85. The number of carboxylic acids is 1. The Labute approximate surface area is 125 Å². The molecule has 6 N–H and O–H groups in total. The van der Waals surface area contributed by atoms with E-state index in [-0.39, 0.29) is 29.9 Å². The van der Waals surface area contributed by atoms with Crippen molar-refractivity contribution in [1.82, 2.24) is 5.32 Å². The van der Waals surface area contributed by atoms with Crippen LogP contribution < -0.4 is 16.8 Å². The fourth-order valence-electron chi connectivity index (χ4n) is 3.10. The second-order valence-electron chi connectivity index (χ2n) is 5.74. The van der Waals surface area contributed by atoms with E-state index in [0.717, 1.165) is 19.3 Å². The normalized spacial score (nSPS) is 26.1. The molecule has 4 atom stereocenters. The Bertz CT molecular complexity index is 407. The molecule has 7 nitrogen and oxygen atoms in total. The molecule has 0 unspecified atom stereocenters. The number of nitrogens with zero attached hydrogens (tertiary/aromatic N) is 1. The molecule has 0 bridgehead atoms. The van der Waals surface area contributed by atoms with Gasteiger partial charge in [-0.2, -0.15) is 0 Å². The average molecular weight is 298 g/mol. The number of hydrogen-bond donors (Lipinski definition) is 4. The van der Waals surface area contributed by atoms with Gasteiger partial charge in [-0.15, -0.1) is 0 Å². The van der Waals surface area contributed by atoms with Crippen LogP contribution >= 0.6 is 0 Å². The van der Waals surface area contributed by atoms with E-state index in [1.54, 1.807) is 0 Å². The lowest BCUT2D eigenvalue weighted by Gasteiger charge is -2.27. The molecule has 120 valence electrons. The van der Waals surface area contributed by atoms with Crippen LogP contribution in [0.3, 0.4) is 0 Å². The van der Waals surface area contributed by atoms with E-state index in [4.69, 9.17) is 11.5 Å². The number of carbonyl (C=O) groups excluding carboxylic acids is 1. The third-order valence-corrected chi connectivity index (χ3v) is 4.02. The Balaban J connectivity index is 2.91. The number of unbranched alkanes of at least 4 members (excludes halogenated alkanes) is 1. The Morgan fingerprint density at radius 2 is 2.05 bits per heavy atom. The highest BCUT2D eigenvalue weighted by molar-refractivity contribution is 5.76. The molecule has 1 saturated carbocycles. The number of carboxylic acid groups (broad SMARTS) is 1. The lowest BCUT2D eigenvalue weighted by molar-refractivity contribution is -0.141. The largest absolute Gasteiger partial charge is 0.481 e. The maximum absolute atomic E-state index is 11.4. The van der Waals surface area contributed by atoms with E-state index < -0.39 is 11.9 Å². The van der Waals surface area contributed by atoms with Crippen molar-refractivity contribution in [3.05, 3.63) is 0 Å². The van der Waals surface area contributed by atoms with Gasteiger partial charge >= 0.3 is 5.97 Å². The number of hydrogen-bond acceptors (Lipinski definition) is 3. The average Bonchev–Trinajstić information content (AvgIpc) is 2.77. The zero-order chi connectivity index (χ0) is 16.0. The van der Waals surface area contributed by atoms with E-state index in [1.807, 2.05) is 0 Å². The van der Waals surface area contributed by atoms with Gasteiger partial charge in [-0.25, -0.2) is 4.99 Å². The Morgan fingerprint density at radius 1 is 1.38 bits per heavy atom. The standard InChI is InChI=1S/C14H26N4O3/c1-3-4-5-11(17-8(2)19)10-6-9(13(20)21)7-12(10)18-14(15)16/h9-12H,3-7H2,1-2H3,(H,17,19)(H,20,21)(H4,15,16,18)/t9-,10+,11+,12-/m1/s1. The monoisotopic (exact) mass is 298 g/mol. The molecule has 0 saturated heterocycles. The zero-order valence-electron chi connectivity index (χ0n) is 12.7. The SMILES string of the molecule is CCCC[C@H](NC(C)=O)[C@@H]1C[C@@H](C(=O)O)C[C@H]1N=C(N)N. The van der Waals surface area contributed by atoms with Gasteiger partial charge in [0.2, 0.25) is 5.91 Å². The Hall–Kier alpha value is -1.79. The van der Waals surface area contributed by atoms with E-state index in [9.17, 15) is 14.7 Å². The number of aliphatic imine (C=N–C) groups is 1. The lowest BCUT2D eigenvalue weighted by atomic mass is 9.90. The molecule has 0 aromatic rings. The van der Waals surface area contributed by atoms with E-state index >= 15 is 0 Å². The highest BCUT2D eigenvalue weighted by Crippen LogP contribution is 2.37. The van der Waals surface area contributed by atoms with Crippen molar-refractivity contribution in [2.45, 2.75) is 58.0 Å². The summed E-state index contributed by atoms with van der Waals surface area (Å²) in [5.74, 6) is -1.47. The van der Waals surface area contributed by atoms with Crippen molar-refractivity contribution in [3.8, 4) is 0 Å². The van der Waals surface area contributed by atoms with Gasteiger partial charge in [0, 0.05) is 18.9 Å². The summed E-state index contributed by atoms with van der Waals surface area (Å²) in [6.45, 7) is 3.55. The van der Waals surface area contributed by atoms with Crippen molar-refractivity contribution in [1.29, 1.82) is 0 Å². The lowest BCUT2D eigenvalue weighted by Crippen LogP contribution is -2.42. The van der Waals surface area contributed by atoms with Gasteiger partial charge < -0.3 is 21.9 Å². The molecule has 1 amide bonds. The number of nitrogens with two attached hydrogens (primary N) is 2. The summed E-state index contributed by atoms with van der Waals surface area (Å²) in [7, 11) is 0. The van der Waals surface area contributed by atoms with Crippen LogP contribution in [0.4, 0.5) is 0 Å². The van der Waals surface area contributed by atoms with Gasteiger partial charge in [0.25, 0.3) is 0 Å². The van der Waals surface area contributed by atoms with Crippen LogP contribution in [0.5, 0.6) is 0 Å². The Kier molecular flexibility index (Phi) is 6.45. The van der Waals surface area contributed by atoms with Crippen molar-refractivity contribution < 1.29 is 14.7 Å². The topological polar surface area (TPSA) is 131 Å². The summed E-state index contributed by atoms with van der Waals surface area (Å²) < 4.78 is 0. The highest BCUT2D eigenvalue weighted by Gasteiger charge is 2.42. The molecule has 1 fully saturated rings. The van der Waals surface area contributed by atoms with Crippen LogP contribution in [-0.2, 0) is 9.59 Å². The van der Waals surface area contributed by atoms with Gasteiger partial charge in [0.15, 0.2) is 5.96 Å². The van der Waals surface area contributed by atoms with Crippen LogP contribution in [0.25, 0.3) is 0 Å². The molecular weight excluding hydrogens is 272 g/mol. The predicted octanol–water partition coefficient (Wildman–Crippen LogP) is 0.434. The molecular formula is C14H26N4O3. The van der Waals surface area contributed by atoms with Crippen molar-refractivity contribution in [3.63, 3.8) is 0 Å². The summed E-state index contributed by atoms with van der Waals surface area (Å²) in [6, 6.07) is -0.329. The smallest absolute Gasteiger partial charge is 0.306 e. The van der Waals surface area contributed by atoms with Gasteiger partial charge in [0.05, 0.1) is 12.0 Å². The molecule has 0 radical (unpaired) electrons. The van der Waals surface area contributed by atoms with E-state index in [2.05, 4.69) is 17.2 Å². The molecule has 0 heterocycles. The maximum Gasteiger partial charge on any atom is 0.306 e.